The summed E-state index contributed by atoms with van der Waals surface area (Å²) < 4.78 is 32.6. The highest BCUT2D eigenvalue weighted by Gasteiger charge is 2.12. The maximum atomic E-state index is 12.1. The summed E-state index contributed by atoms with van der Waals surface area (Å²) in [6, 6.07) is 13.2. The second-order valence-corrected chi connectivity index (χ2v) is 8.06. The van der Waals surface area contributed by atoms with Crippen LogP contribution in [0.15, 0.2) is 64.7 Å². The molecule has 0 radical (unpaired) electrons. The van der Waals surface area contributed by atoms with Gasteiger partial charge in [-0.05, 0) is 31.0 Å². The first-order chi connectivity index (χ1) is 14.0. The molecule has 1 unspecified atom stereocenters. The number of aromatic nitrogens is 1. The lowest BCUT2D eigenvalue weighted by atomic mass is 10.1. The van der Waals surface area contributed by atoms with Crippen molar-refractivity contribution in [1.29, 1.82) is 0 Å². The van der Waals surface area contributed by atoms with Crippen molar-refractivity contribution in [3.8, 4) is 0 Å². The van der Waals surface area contributed by atoms with Crippen molar-refractivity contribution in [3.05, 3.63) is 60.4 Å². The molecule has 1 aromatic carbocycles. The molecule has 0 amide bonds. The maximum Gasteiger partial charge on any atom is 0.242 e. The first-order valence-corrected chi connectivity index (χ1v) is 11.0. The van der Waals surface area contributed by atoms with Crippen LogP contribution in [0.5, 0.6) is 0 Å². The summed E-state index contributed by atoms with van der Waals surface area (Å²) >= 11 is 0. The second kappa shape index (κ2) is 14.3. The van der Waals surface area contributed by atoms with Gasteiger partial charge in [0.1, 0.15) is 4.90 Å². The van der Waals surface area contributed by atoms with Gasteiger partial charge in [-0.1, -0.05) is 30.3 Å². The molecule has 0 fully saturated rings. The minimum atomic E-state index is -3.55. The van der Waals surface area contributed by atoms with E-state index in [1.54, 1.807) is 13.1 Å². The number of guanidine groups is 1. The molecule has 0 aliphatic rings. The summed E-state index contributed by atoms with van der Waals surface area (Å²) in [6.07, 6.45) is 3.73. The molecule has 30 heavy (non-hydrogen) atoms. The number of hydrogen-bond acceptors (Lipinski definition) is 5. The number of benzene rings is 1. The SMILES string of the molecule is CN=C(NCCCOC(C)c1ccccc1)NCCNS(=O)(=O)c1cccnc1.I. The summed E-state index contributed by atoms with van der Waals surface area (Å²) in [5.41, 5.74) is 1.16. The Morgan fingerprint density at radius 3 is 2.50 bits per heavy atom. The van der Waals surface area contributed by atoms with Gasteiger partial charge in [0.05, 0.1) is 6.10 Å². The number of aliphatic imine (C=N–C) groups is 1. The molecule has 3 N–H and O–H groups in total. The van der Waals surface area contributed by atoms with E-state index in [-0.39, 0.29) is 41.5 Å². The predicted molar refractivity (Wildman–Crippen MR) is 130 cm³/mol. The first-order valence-electron chi connectivity index (χ1n) is 9.53. The highest BCUT2D eigenvalue weighted by molar-refractivity contribution is 14.0. The van der Waals surface area contributed by atoms with Crippen molar-refractivity contribution in [2.24, 2.45) is 4.99 Å². The minimum absolute atomic E-state index is 0. The molecule has 166 valence electrons. The average molecular weight is 547 g/mol. The first kappa shape index (κ1) is 26.3. The highest BCUT2D eigenvalue weighted by atomic mass is 127. The fourth-order valence-electron chi connectivity index (χ4n) is 2.54. The van der Waals surface area contributed by atoms with E-state index in [0.29, 0.717) is 25.7 Å². The third kappa shape index (κ3) is 9.37. The monoisotopic (exact) mass is 547 g/mol. The fraction of sp³-hybridized carbons (Fsp3) is 0.400. The van der Waals surface area contributed by atoms with Crippen LogP contribution in [-0.4, -0.2) is 52.7 Å². The number of sulfonamides is 1. The van der Waals surface area contributed by atoms with E-state index in [0.717, 1.165) is 12.0 Å². The number of hydrogen-bond donors (Lipinski definition) is 3. The van der Waals surface area contributed by atoms with E-state index < -0.39 is 10.0 Å². The predicted octanol–water partition coefficient (Wildman–Crippen LogP) is 2.31. The van der Waals surface area contributed by atoms with Crippen LogP contribution >= 0.6 is 24.0 Å². The van der Waals surface area contributed by atoms with Crippen molar-refractivity contribution in [3.63, 3.8) is 0 Å². The van der Waals surface area contributed by atoms with Gasteiger partial charge in [0, 0.05) is 45.7 Å². The Bertz CT molecular complexity index is 851. The molecule has 8 nitrogen and oxygen atoms in total. The van der Waals surface area contributed by atoms with Gasteiger partial charge in [-0.3, -0.25) is 9.98 Å². The molecule has 1 aromatic heterocycles. The van der Waals surface area contributed by atoms with Crippen LogP contribution in [0, 0.1) is 0 Å². The molecule has 0 saturated heterocycles. The van der Waals surface area contributed by atoms with Crippen LogP contribution in [0.3, 0.4) is 0 Å². The molecular weight excluding hydrogens is 517 g/mol. The van der Waals surface area contributed by atoms with E-state index in [9.17, 15) is 8.42 Å². The molecule has 2 aromatic rings. The fourth-order valence-corrected chi connectivity index (χ4v) is 3.53. The van der Waals surface area contributed by atoms with Crippen molar-refractivity contribution in [1.82, 2.24) is 20.3 Å². The van der Waals surface area contributed by atoms with Crippen molar-refractivity contribution < 1.29 is 13.2 Å². The summed E-state index contributed by atoms with van der Waals surface area (Å²) in [6.45, 7) is 4.00. The molecule has 0 bridgehead atoms. The van der Waals surface area contributed by atoms with E-state index in [2.05, 4.69) is 37.5 Å². The molecule has 2 rings (SSSR count). The number of ether oxygens (including phenoxy) is 1. The van der Waals surface area contributed by atoms with Gasteiger partial charge in [0.25, 0.3) is 0 Å². The van der Waals surface area contributed by atoms with Crippen LogP contribution in [0.1, 0.15) is 25.0 Å². The third-order valence-electron chi connectivity index (χ3n) is 4.13. The Morgan fingerprint density at radius 2 is 1.83 bits per heavy atom. The Labute approximate surface area is 196 Å². The second-order valence-electron chi connectivity index (χ2n) is 6.29. The van der Waals surface area contributed by atoms with E-state index in [4.69, 9.17) is 4.74 Å². The topological polar surface area (TPSA) is 105 Å². The summed E-state index contributed by atoms with van der Waals surface area (Å²) in [5, 5.41) is 6.26. The molecule has 0 saturated carbocycles. The third-order valence-corrected chi connectivity index (χ3v) is 5.57. The number of nitrogens with zero attached hydrogens (tertiary/aromatic N) is 2. The van der Waals surface area contributed by atoms with Crippen molar-refractivity contribution >= 4 is 40.0 Å². The molecule has 0 aliphatic heterocycles. The summed E-state index contributed by atoms with van der Waals surface area (Å²) in [4.78, 5) is 8.10. The zero-order valence-corrected chi connectivity index (χ0v) is 20.4. The minimum Gasteiger partial charge on any atom is -0.374 e. The van der Waals surface area contributed by atoms with Gasteiger partial charge < -0.3 is 15.4 Å². The van der Waals surface area contributed by atoms with Crippen molar-refractivity contribution in [2.75, 3.05) is 33.3 Å². The molecule has 1 atom stereocenters. The van der Waals surface area contributed by atoms with Gasteiger partial charge in [0.2, 0.25) is 10.0 Å². The van der Waals surface area contributed by atoms with Gasteiger partial charge in [-0.2, -0.15) is 0 Å². The Balaban J connectivity index is 0.00000450. The lowest BCUT2D eigenvalue weighted by Crippen LogP contribution is -2.42. The van der Waals surface area contributed by atoms with Crippen LogP contribution < -0.4 is 15.4 Å². The number of rotatable bonds is 11. The lowest BCUT2D eigenvalue weighted by molar-refractivity contribution is 0.0646. The Kier molecular flexibility index (Phi) is 12.5. The highest BCUT2D eigenvalue weighted by Crippen LogP contribution is 2.15. The lowest BCUT2D eigenvalue weighted by Gasteiger charge is -2.15. The van der Waals surface area contributed by atoms with Crippen LogP contribution in [0.25, 0.3) is 0 Å². The van der Waals surface area contributed by atoms with E-state index in [1.165, 1.54) is 18.5 Å². The van der Waals surface area contributed by atoms with Gasteiger partial charge in [-0.15, -0.1) is 24.0 Å². The number of halogens is 1. The van der Waals surface area contributed by atoms with Gasteiger partial charge in [-0.25, -0.2) is 13.1 Å². The number of pyridine rings is 1. The maximum absolute atomic E-state index is 12.1. The molecule has 0 aliphatic carbocycles. The van der Waals surface area contributed by atoms with Crippen LogP contribution in [-0.2, 0) is 14.8 Å². The normalized spacial score (nSPS) is 12.7. The van der Waals surface area contributed by atoms with Crippen molar-refractivity contribution in [2.45, 2.75) is 24.3 Å². The zero-order valence-electron chi connectivity index (χ0n) is 17.2. The summed E-state index contributed by atoms with van der Waals surface area (Å²) in [5.74, 6) is 0.613. The van der Waals surface area contributed by atoms with E-state index in [1.807, 2.05) is 25.1 Å². The molecule has 0 spiro atoms. The standard InChI is InChI=1S/C20H29N5O3S.HI/c1-17(18-8-4-3-5-9-18)28-15-7-12-23-20(21-2)24-13-14-25-29(26,27)19-10-6-11-22-16-19;/h3-6,8-11,16-17,25H,7,12-15H2,1-2H3,(H2,21,23,24);1H. The van der Waals surface area contributed by atoms with Crippen LogP contribution in [0.2, 0.25) is 0 Å². The molecular formula is C20H30IN5O3S. The van der Waals surface area contributed by atoms with Gasteiger partial charge >= 0.3 is 0 Å². The quantitative estimate of drug-likeness (QED) is 0.173. The smallest absolute Gasteiger partial charge is 0.242 e. The number of nitrogens with one attached hydrogen (secondary N) is 3. The van der Waals surface area contributed by atoms with E-state index >= 15 is 0 Å². The Morgan fingerprint density at radius 1 is 1.10 bits per heavy atom. The summed E-state index contributed by atoms with van der Waals surface area (Å²) in [7, 11) is -1.88. The molecule has 1 heterocycles. The van der Waals surface area contributed by atoms with Gasteiger partial charge in [0.15, 0.2) is 5.96 Å². The molecule has 10 heteroatoms. The zero-order chi connectivity index (χ0) is 21.0. The average Bonchev–Trinajstić information content (AvgIpc) is 2.76. The van der Waals surface area contributed by atoms with Crippen LogP contribution in [0.4, 0.5) is 0 Å². The largest absolute Gasteiger partial charge is 0.374 e. The Hall–Kier alpha value is -1.76.